The normalized spacial score (nSPS) is 18.5. The maximum atomic E-state index is 5.61. The van der Waals surface area contributed by atoms with Crippen molar-refractivity contribution in [2.24, 2.45) is 5.73 Å². The van der Waals surface area contributed by atoms with Crippen LogP contribution in [0, 0.1) is 0 Å². The lowest BCUT2D eigenvalue weighted by Crippen LogP contribution is -2.36. The van der Waals surface area contributed by atoms with Gasteiger partial charge < -0.3 is 15.6 Å². The molecule has 1 aliphatic heterocycles. The van der Waals surface area contributed by atoms with Gasteiger partial charge in [-0.25, -0.2) is 0 Å². The molecule has 0 aliphatic carbocycles. The van der Waals surface area contributed by atoms with Crippen molar-refractivity contribution in [3.05, 3.63) is 36.0 Å². The summed E-state index contributed by atoms with van der Waals surface area (Å²) in [4.78, 5) is 6.04. The molecule has 0 amide bonds. The Balaban J connectivity index is 1.72. The fourth-order valence-electron chi connectivity index (χ4n) is 2.97. The Hall–Kier alpha value is -1.32. The molecular weight excluding hydrogens is 222 g/mol. The van der Waals surface area contributed by atoms with Gasteiger partial charge in [-0.3, -0.25) is 0 Å². The van der Waals surface area contributed by atoms with Crippen LogP contribution in [0.3, 0.4) is 0 Å². The minimum atomic E-state index is 0.687. The van der Waals surface area contributed by atoms with E-state index in [1.165, 1.54) is 42.5 Å². The van der Waals surface area contributed by atoms with Gasteiger partial charge in [0.25, 0.3) is 0 Å². The summed E-state index contributed by atoms with van der Waals surface area (Å²) in [6, 6.07) is 10.8. The average Bonchev–Trinajstić information content (AvgIpc) is 2.84. The fraction of sp³-hybridized carbons (Fsp3) is 0.467. The molecule has 96 valence electrons. The van der Waals surface area contributed by atoms with Crippen LogP contribution >= 0.6 is 0 Å². The number of rotatable bonds is 3. The number of likely N-dealkylation sites (tertiary alicyclic amines) is 1. The molecule has 0 atom stereocenters. The van der Waals surface area contributed by atoms with E-state index in [9.17, 15) is 0 Å². The Morgan fingerprint density at radius 3 is 2.72 bits per heavy atom. The Morgan fingerprint density at radius 2 is 2.00 bits per heavy atom. The van der Waals surface area contributed by atoms with Crippen LogP contribution < -0.4 is 5.73 Å². The molecular formula is C15H21N3. The minimum absolute atomic E-state index is 0.687. The van der Waals surface area contributed by atoms with Gasteiger partial charge >= 0.3 is 0 Å². The quantitative estimate of drug-likeness (QED) is 0.869. The lowest BCUT2D eigenvalue weighted by atomic mass is 9.93. The highest BCUT2D eigenvalue weighted by molar-refractivity contribution is 5.80. The van der Waals surface area contributed by atoms with Gasteiger partial charge in [0.05, 0.1) is 0 Å². The van der Waals surface area contributed by atoms with Gasteiger partial charge in [-0.2, -0.15) is 0 Å². The van der Waals surface area contributed by atoms with E-state index in [0.29, 0.717) is 5.92 Å². The van der Waals surface area contributed by atoms with Crippen molar-refractivity contribution >= 4 is 10.9 Å². The molecule has 0 spiro atoms. The largest absolute Gasteiger partial charge is 0.358 e. The molecule has 18 heavy (non-hydrogen) atoms. The monoisotopic (exact) mass is 243 g/mol. The van der Waals surface area contributed by atoms with Gasteiger partial charge in [-0.15, -0.1) is 0 Å². The molecule has 1 aromatic heterocycles. The first kappa shape index (κ1) is 11.8. The van der Waals surface area contributed by atoms with Crippen molar-refractivity contribution in [1.29, 1.82) is 0 Å². The van der Waals surface area contributed by atoms with E-state index < -0.39 is 0 Å². The van der Waals surface area contributed by atoms with E-state index in [2.05, 4.69) is 40.2 Å². The number of nitrogens with zero attached hydrogens (tertiary/aromatic N) is 1. The second kappa shape index (κ2) is 5.12. The van der Waals surface area contributed by atoms with Gasteiger partial charge in [0.1, 0.15) is 0 Å². The van der Waals surface area contributed by atoms with Crippen LogP contribution in [-0.2, 0) is 0 Å². The molecule has 0 radical (unpaired) electrons. The molecule has 1 aliphatic rings. The smallest absolute Gasteiger partial charge is 0.0456 e. The number of nitrogens with one attached hydrogen (secondary N) is 1. The molecule has 2 aromatic rings. The number of hydrogen-bond donors (Lipinski definition) is 2. The molecule has 3 nitrogen and oxygen atoms in total. The number of aromatic nitrogens is 1. The van der Waals surface area contributed by atoms with E-state index in [4.69, 9.17) is 5.73 Å². The van der Waals surface area contributed by atoms with Crippen LogP contribution in [0.1, 0.15) is 24.5 Å². The van der Waals surface area contributed by atoms with E-state index in [0.717, 1.165) is 13.1 Å². The zero-order valence-corrected chi connectivity index (χ0v) is 10.7. The Labute approximate surface area is 108 Å². The molecule has 1 saturated heterocycles. The van der Waals surface area contributed by atoms with Gasteiger partial charge in [0.2, 0.25) is 0 Å². The predicted octanol–water partition coefficient (Wildman–Crippen LogP) is 2.31. The van der Waals surface area contributed by atoms with Crippen LogP contribution in [0.5, 0.6) is 0 Å². The average molecular weight is 243 g/mol. The second-order valence-corrected chi connectivity index (χ2v) is 5.22. The lowest BCUT2D eigenvalue weighted by molar-refractivity contribution is 0.216. The van der Waals surface area contributed by atoms with Crippen molar-refractivity contribution in [2.75, 3.05) is 26.2 Å². The van der Waals surface area contributed by atoms with E-state index in [1.54, 1.807) is 0 Å². The summed E-state index contributed by atoms with van der Waals surface area (Å²) in [6.45, 7) is 4.17. The molecule has 2 heterocycles. The Bertz CT molecular complexity index is 476. The van der Waals surface area contributed by atoms with Crippen molar-refractivity contribution in [3.8, 4) is 0 Å². The second-order valence-electron chi connectivity index (χ2n) is 5.22. The van der Waals surface area contributed by atoms with Gasteiger partial charge in [-0.1, -0.05) is 18.2 Å². The number of piperidine rings is 1. The highest BCUT2D eigenvalue weighted by Gasteiger charge is 2.21. The Kier molecular flexibility index (Phi) is 3.35. The lowest BCUT2D eigenvalue weighted by Gasteiger charge is -2.31. The molecule has 1 aromatic carbocycles. The Morgan fingerprint density at radius 1 is 1.22 bits per heavy atom. The van der Waals surface area contributed by atoms with E-state index >= 15 is 0 Å². The zero-order valence-electron chi connectivity index (χ0n) is 10.7. The third-order valence-corrected chi connectivity index (χ3v) is 4.02. The number of para-hydroxylation sites is 1. The minimum Gasteiger partial charge on any atom is -0.358 e. The number of hydrogen-bond acceptors (Lipinski definition) is 2. The number of aromatic amines is 1. The highest BCUT2D eigenvalue weighted by Crippen LogP contribution is 2.29. The maximum absolute atomic E-state index is 5.61. The SMILES string of the molecule is NCCN1CCC(c2cc3ccccc3[nH]2)CC1. The summed E-state index contributed by atoms with van der Waals surface area (Å²) in [5.41, 5.74) is 8.28. The van der Waals surface area contributed by atoms with Crippen LogP contribution in [0.4, 0.5) is 0 Å². The first-order valence-electron chi connectivity index (χ1n) is 6.87. The fourth-order valence-corrected chi connectivity index (χ4v) is 2.97. The molecule has 3 heteroatoms. The summed E-state index contributed by atoms with van der Waals surface area (Å²) in [5.74, 6) is 0.687. The summed E-state index contributed by atoms with van der Waals surface area (Å²) in [7, 11) is 0. The molecule has 0 unspecified atom stereocenters. The number of benzene rings is 1. The van der Waals surface area contributed by atoms with Gasteiger partial charge in [-0.05, 0) is 43.5 Å². The summed E-state index contributed by atoms with van der Waals surface area (Å²) < 4.78 is 0. The molecule has 0 saturated carbocycles. The van der Waals surface area contributed by atoms with Crippen molar-refractivity contribution in [1.82, 2.24) is 9.88 Å². The van der Waals surface area contributed by atoms with Crippen LogP contribution in [0.2, 0.25) is 0 Å². The summed E-state index contributed by atoms with van der Waals surface area (Å²) in [5, 5.41) is 1.33. The number of fused-ring (bicyclic) bond motifs is 1. The molecule has 3 rings (SSSR count). The molecule has 0 bridgehead atoms. The third kappa shape index (κ3) is 2.28. The maximum Gasteiger partial charge on any atom is 0.0456 e. The predicted molar refractivity (Wildman–Crippen MR) is 75.8 cm³/mol. The van der Waals surface area contributed by atoms with E-state index in [1.807, 2.05) is 0 Å². The number of nitrogens with two attached hydrogens (primary N) is 1. The molecule has 1 fully saturated rings. The van der Waals surface area contributed by atoms with Crippen molar-refractivity contribution in [2.45, 2.75) is 18.8 Å². The van der Waals surface area contributed by atoms with Crippen LogP contribution in [0.25, 0.3) is 10.9 Å². The topological polar surface area (TPSA) is 45.0 Å². The van der Waals surface area contributed by atoms with Crippen molar-refractivity contribution in [3.63, 3.8) is 0 Å². The van der Waals surface area contributed by atoms with Crippen LogP contribution in [-0.4, -0.2) is 36.1 Å². The van der Waals surface area contributed by atoms with Crippen LogP contribution in [0.15, 0.2) is 30.3 Å². The third-order valence-electron chi connectivity index (χ3n) is 4.02. The summed E-state index contributed by atoms with van der Waals surface area (Å²) in [6.07, 6.45) is 2.49. The first-order chi connectivity index (χ1) is 8.86. The molecule has 3 N–H and O–H groups in total. The van der Waals surface area contributed by atoms with Gasteiger partial charge in [0, 0.05) is 30.2 Å². The first-order valence-corrected chi connectivity index (χ1v) is 6.87. The van der Waals surface area contributed by atoms with Crippen molar-refractivity contribution < 1.29 is 0 Å². The van der Waals surface area contributed by atoms with E-state index in [-0.39, 0.29) is 0 Å². The summed E-state index contributed by atoms with van der Waals surface area (Å²) >= 11 is 0. The van der Waals surface area contributed by atoms with Gasteiger partial charge in [0.15, 0.2) is 0 Å². The zero-order chi connectivity index (χ0) is 12.4. The number of H-pyrrole nitrogens is 1. The highest BCUT2D eigenvalue weighted by atomic mass is 15.1. The standard InChI is InChI=1S/C15H21N3/c16-7-10-18-8-5-12(6-9-18)15-11-13-3-1-2-4-14(13)17-15/h1-4,11-12,17H,5-10,16H2.